The van der Waals surface area contributed by atoms with E-state index in [2.05, 4.69) is 135 Å². The molecule has 0 fully saturated rings. The van der Waals surface area contributed by atoms with E-state index in [4.69, 9.17) is 4.42 Å². The lowest BCUT2D eigenvalue weighted by Gasteiger charge is -2.16. The van der Waals surface area contributed by atoms with Gasteiger partial charge in [-0.15, -0.1) is 0 Å². The number of hydrogen-bond acceptors (Lipinski definition) is 3. The molecule has 0 aliphatic carbocycles. The fourth-order valence-corrected chi connectivity index (χ4v) is 9.24. The zero-order chi connectivity index (χ0) is 37.1. The Morgan fingerprint density at radius 3 is 1.32 bits per heavy atom. The number of nitriles is 2. The molecule has 56 heavy (non-hydrogen) atoms. The predicted molar refractivity (Wildman–Crippen MR) is 226 cm³/mol. The summed E-state index contributed by atoms with van der Waals surface area (Å²) in [5.41, 5.74) is 10.9. The van der Waals surface area contributed by atoms with Crippen LogP contribution in [0.4, 0.5) is 0 Å². The molecule has 12 rings (SSSR count). The lowest BCUT2D eigenvalue weighted by molar-refractivity contribution is 0.677. The Morgan fingerprint density at radius 1 is 0.375 bits per heavy atom. The smallest absolute Gasteiger partial charge is 0.145 e. The van der Waals surface area contributed by atoms with E-state index in [0.29, 0.717) is 22.5 Å². The normalized spacial score (nSPS) is 11.9. The van der Waals surface area contributed by atoms with E-state index in [1.165, 1.54) is 0 Å². The lowest BCUT2D eigenvalue weighted by atomic mass is 10.1. The van der Waals surface area contributed by atoms with E-state index in [0.717, 1.165) is 93.0 Å². The van der Waals surface area contributed by atoms with Crippen molar-refractivity contribution in [1.82, 2.24) is 13.7 Å². The maximum absolute atomic E-state index is 11.1. The van der Waals surface area contributed by atoms with Gasteiger partial charge in [0.15, 0.2) is 0 Å². The first-order chi connectivity index (χ1) is 27.7. The Hall–Kier alpha value is -8.06. The second-order valence-corrected chi connectivity index (χ2v) is 14.3. The summed E-state index contributed by atoms with van der Waals surface area (Å²) in [5, 5.41) is 30.0. The molecule has 258 valence electrons. The molecular formula is C50H27N5O. The van der Waals surface area contributed by atoms with Gasteiger partial charge in [-0.2, -0.15) is 10.5 Å². The van der Waals surface area contributed by atoms with Crippen LogP contribution in [0, 0.1) is 22.7 Å². The fraction of sp³-hybridized carbons (Fsp3) is 0. The predicted octanol–water partition coefficient (Wildman–Crippen LogP) is 12.6. The van der Waals surface area contributed by atoms with Crippen LogP contribution in [0.3, 0.4) is 0 Å². The van der Waals surface area contributed by atoms with Gasteiger partial charge in [0.05, 0.1) is 66.9 Å². The molecule has 0 aliphatic heterocycles. The number of benzene rings is 8. The van der Waals surface area contributed by atoms with Crippen LogP contribution in [-0.2, 0) is 0 Å². The number of aromatic nitrogens is 3. The molecule has 0 saturated heterocycles. The Morgan fingerprint density at radius 2 is 0.804 bits per heavy atom. The third-order valence-electron chi connectivity index (χ3n) is 11.5. The van der Waals surface area contributed by atoms with Crippen molar-refractivity contribution < 1.29 is 4.42 Å². The molecule has 0 radical (unpaired) electrons. The van der Waals surface area contributed by atoms with Gasteiger partial charge in [0, 0.05) is 38.0 Å². The van der Waals surface area contributed by atoms with Gasteiger partial charge in [0.2, 0.25) is 0 Å². The van der Waals surface area contributed by atoms with Crippen LogP contribution < -0.4 is 0 Å². The van der Waals surface area contributed by atoms with E-state index in [9.17, 15) is 10.5 Å². The molecule has 6 heteroatoms. The molecule has 0 N–H and O–H groups in total. The maximum Gasteiger partial charge on any atom is 0.145 e. The second kappa shape index (κ2) is 11.2. The van der Waals surface area contributed by atoms with Gasteiger partial charge >= 0.3 is 0 Å². The summed E-state index contributed by atoms with van der Waals surface area (Å²) in [5.74, 6) is 0. The Kier molecular flexibility index (Phi) is 6.10. The average Bonchev–Trinajstić information content (AvgIpc) is 3.99. The quantitative estimate of drug-likeness (QED) is 0.183. The minimum atomic E-state index is 0.462. The minimum absolute atomic E-state index is 0.462. The molecule has 0 amide bonds. The SMILES string of the molecule is N#Cc1cc(-n2c3ccccc3c3ccccc32)c(C#N)c(-n2c3ccccc3c3c4oc5c(ccc6c5c5ccccc5n6-c5ccccc5)c4ccc32)c1. The summed E-state index contributed by atoms with van der Waals surface area (Å²) in [6.07, 6.45) is 0. The van der Waals surface area contributed by atoms with Gasteiger partial charge in [0.25, 0.3) is 0 Å². The summed E-state index contributed by atoms with van der Waals surface area (Å²) < 4.78 is 13.7. The zero-order valence-corrected chi connectivity index (χ0v) is 29.7. The first kappa shape index (κ1) is 30.4. The zero-order valence-electron chi connectivity index (χ0n) is 29.7. The van der Waals surface area contributed by atoms with Crippen LogP contribution >= 0.6 is 0 Å². The fourth-order valence-electron chi connectivity index (χ4n) is 9.24. The van der Waals surface area contributed by atoms with Crippen molar-refractivity contribution in [2.75, 3.05) is 0 Å². The van der Waals surface area contributed by atoms with Crippen molar-refractivity contribution >= 4 is 87.4 Å². The highest BCUT2D eigenvalue weighted by atomic mass is 16.3. The molecule has 0 saturated carbocycles. The molecule has 8 aromatic carbocycles. The van der Waals surface area contributed by atoms with Gasteiger partial charge in [0.1, 0.15) is 22.8 Å². The second-order valence-electron chi connectivity index (χ2n) is 14.3. The largest absolute Gasteiger partial charge is 0.455 e. The molecule has 4 heterocycles. The van der Waals surface area contributed by atoms with Gasteiger partial charge in [-0.25, -0.2) is 0 Å². The van der Waals surface area contributed by atoms with Crippen LogP contribution in [0.5, 0.6) is 0 Å². The number of hydrogen-bond donors (Lipinski definition) is 0. The summed E-state index contributed by atoms with van der Waals surface area (Å²) in [4.78, 5) is 0. The molecule has 0 atom stereocenters. The molecule has 0 unspecified atom stereocenters. The van der Waals surface area contributed by atoms with E-state index < -0.39 is 0 Å². The van der Waals surface area contributed by atoms with Crippen LogP contribution in [0.1, 0.15) is 11.1 Å². The van der Waals surface area contributed by atoms with Crippen molar-refractivity contribution in [3.8, 4) is 29.2 Å². The Labute approximate surface area is 319 Å². The van der Waals surface area contributed by atoms with E-state index in [1.807, 2.05) is 54.6 Å². The van der Waals surface area contributed by atoms with E-state index in [1.54, 1.807) is 0 Å². The minimum Gasteiger partial charge on any atom is -0.455 e. The standard InChI is InChI=1S/C50H27N5O/c51-28-30-26-45(54-39-18-8-4-14-32(39)33-15-5-9-19-40(33)54)38(29-52)46(27-30)55-42-21-11-7-17-37(42)48-44(55)25-23-35-34-22-24-43-47(49(34)56-50(35)48)36-16-6-10-20-41(36)53(43)31-12-2-1-3-13-31/h1-27H. The van der Waals surface area contributed by atoms with Crippen molar-refractivity contribution in [3.05, 3.63) is 175 Å². The van der Waals surface area contributed by atoms with Crippen LogP contribution in [0.25, 0.3) is 104 Å². The molecule has 4 aromatic heterocycles. The lowest BCUT2D eigenvalue weighted by Crippen LogP contribution is -2.05. The number of fused-ring (bicyclic) bond motifs is 14. The number of nitrogens with zero attached hydrogens (tertiary/aromatic N) is 5. The molecule has 0 spiro atoms. The third-order valence-corrected chi connectivity index (χ3v) is 11.5. The Bertz CT molecular complexity index is 3680. The van der Waals surface area contributed by atoms with Gasteiger partial charge in [-0.3, -0.25) is 0 Å². The summed E-state index contributed by atoms with van der Waals surface area (Å²) in [6, 6.07) is 61.0. The van der Waals surface area contributed by atoms with Crippen molar-refractivity contribution in [2.45, 2.75) is 0 Å². The summed E-state index contributed by atoms with van der Waals surface area (Å²) >= 11 is 0. The van der Waals surface area contributed by atoms with Gasteiger partial charge < -0.3 is 18.1 Å². The molecular weight excluding hydrogens is 687 g/mol. The van der Waals surface area contributed by atoms with Crippen molar-refractivity contribution in [2.24, 2.45) is 0 Å². The Balaban J connectivity index is 1.19. The maximum atomic E-state index is 11.1. The third kappa shape index (κ3) is 3.92. The van der Waals surface area contributed by atoms with Gasteiger partial charge in [-0.05, 0) is 72.8 Å². The topological polar surface area (TPSA) is 75.5 Å². The van der Waals surface area contributed by atoms with Crippen molar-refractivity contribution in [1.29, 1.82) is 10.5 Å². The van der Waals surface area contributed by atoms with Gasteiger partial charge in [-0.1, -0.05) is 91.0 Å². The monoisotopic (exact) mass is 713 g/mol. The number of rotatable bonds is 3. The molecule has 12 aromatic rings. The van der Waals surface area contributed by atoms with E-state index in [-0.39, 0.29) is 0 Å². The van der Waals surface area contributed by atoms with Crippen LogP contribution in [0.15, 0.2) is 168 Å². The number of para-hydroxylation sites is 5. The van der Waals surface area contributed by atoms with Crippen LogP contribution in [0.2, 0.25) is 0 Å². The van der Waals surface area contributed by atoms with Crippen molar-refractivity contribution in [3.63, 3.8) is 0 Å². The first-order valence-electron chi connectivity index (χ1n) is 18.6. The summed E-state index contributed by atoms with van der Waals surface area (Å²) in [6.45, 7) is 0. The molecule has 0 aliphatic rings. The highest BCUT2D eigenvalue weighted by Crippen LogP contribution is 2.45. The highest BCUT2D eigenvalue weighted by molar-refractivity contribution is 6.29. The molecule has 0 bridgehead atoms. The van der Waals surface area contributed by atoms with Crippen LogP contribution in [-0.4, -0.2) is 13.7 Å². The number of furan rings is 1. The summed E-state index contributed by atoms with van der Waals surface area (Å²) in [7, 11) is 0. The average molecular weight is 714 g/mol. The first-order valence-corrected chi connectivity index (χ1v) is 18.6. The molecule has 6 nitrogen and oxygen atoms in total. The van der Waals surface area contributed by atoms with E-state index >= 15 is 0 Å². The highest BCUT2D eigenvalue weighted by Gasteiger charge is 2.25.